The van der Waals surface area contributed by atoms with E-state index in [1.54, 1.807) is 42.5 Å². The Balaban J connectivity index is 1.92. The van der Waals surface area contributed by atoms with Gasteiger partial charge in [-0.05, 0) is 11.6 Å². The van der Waals surface area contributed by atoms with Gasteiger partial charge in [0.05, 0.1) is 0 Å². The monoisotopic (exact) mass is 387 g/mol. The van der Waals surface area contributed by atoms with Crippen LogP contribution in [0.2, 0.25) is 0 Å². The molecule has 0 bridgehead atoms. The van der Waals surface area contributed by atoms with Crippen LogP contribution in [0.4, 0.5) is 9.18 Å². The lowest BCUT2D eigenvalue weighted by Gasteiger charge is -2.20. The van der Waals surface area contributed by atoms with Gasteiger partial charge in [0.2, 0.25) is 0 Å². The molecule has 0 saturated heterocycles. The van der Waals surface area contributed by atoms with E-state index in [9.17, 15) is 18.8 Å². The van der Waals surface area contributed by atoms with Crippen LogP contribution in [-0.2, 0) is 27.3 Å². The second-order valence-corrected chi connectivity index (χ2v) is 6.20. The largest absolute Gasteiger partial charge is 0.454 e. The van der Waals surface area contributed by atoms with E-state index in [4.69, 9.17) is 10.5 Å². The number of carbonyl (C=O) groups excluding carboxylic acids is 3. The van der Waals surface area contributed by atoms with E-state index < -0.39 is 36.4 Å². The highest BCUT2D eigenvalue weighted by molar-refractivity contribution is 5.85. The molecule has 28 heavy (non-hydrogen) atoms. The van der Waals surface area contributed by atoms with Crippen LogP contribution < -0.4 is 11.1 Å². The fraction of sp³-hybridized carbons (Fsp3) is 0.250. The number of carbonyl (C=O) groups is 3. The summed E-state index contributed by atoms with van der Waals surface area (Å²) in [7, 11) is 1.48. The van der Waals surface area contributed by atoms with E-state index in [0.717, 1.165) is 5.56 Å². The third-order valence-electron chi connectivity index (χ3n) is 4.01. The number of nitrogens with two attached hydrogens (primary N) is 1. The van der Waals surface area contributed by atoms with Crippen molar-refractivity contribution >= 4 is 17.9 Å². The van der Waals surface area contributed by atoms with Gasteiger partial charge in [0.1, 0.15) is 11.9 Å². The van der Waals surface area contributed by atoms with Crippen LogP contribution in [0.3, 0.4) is 0 Å². The summed E-state index contributed by atoms with van der Waals surface area (Å²) in [4.78, 5) is 36.9. The fourth-order valence-electron chi connectivity index (χ4n) is 2.53. The molecule has 1 atom stereocenters. The van der Waals surface area contributed by atoms with Gasteiger partial charge in [-0.25, -0.2) is 14.0 Å². The second kappa shape index (κ2) is 10.1. The summed E-state index contributed by atoms with van der Waals surface area (Å²) < 4.78 is 18.7. The molecule has 2 aromatic rings. The highest BCUT2D eigenvalue weighted by Gasteiger charge is 2.23. The van der Waals surface area contributed by atoms with Crippen molar-refractivity contribution in [2.45, 2.75) is 19.0 Å². The Labute approximate surface area is 162 Å². The maximum atomic E-state index is 13.7. The SMILES string of the molecule is CN(Cc1ccccc1F)C(=O)COC(=O)[C@H](Cc1ccccc1)NC(N)=O. The molecule has 0 fully saturated rings. The molecule has 0 heterocycles. The van der Waals surface area contributed by atoms with Crippen molar-refractivity contribution in [3.63, 3.8) is 0 Å². The van der Waals surface area contributed by atoms with Crippen molar-refractivity contribution in [2.24, 2.45) is 5.73 Å². The first-order valence-electron chi connectivity index (χ1n) is 8.60. The third kappa shape index (κ3) is 6.39. The summed E-state index contributed by atoms with van der Waals surface area (Å²) in [5.41, 5.74) is 6.26. The van der Waals surface area contributed by atoms with Gasteiger partial charge in [-0.2, -0.15) is 0 Å². The van der Waals surface area contributed by atoms with Gasteiger partial charge in [0.25, 0.3) is 5.91 Å². The number of primary amides is 1. The number of nitrogens with zero attached hydrogens (tertiary/aromatic N) is 1. The normalized spacial score (nSPS) is 11.4. The Morgan fingerprint density at radius 3 is 2.39 bits per heavy atom. The summed E-state index contributed by atoms with van der Waals surface area (Å²) in [6, 6.07) is 13.2. The highest BCUT2D eigenvalue weighted by atomic mass is 19.1. The van der Waals surface area contributed by atoms with Crippen molar-refractivity contribution in [1.29, 1.82) is 0 Å². The lowest BCUT2D eigenvalue weighted by atomic mass is 10.1. The Kier molecular flexibility index (Phi) is 7.50. The molecule has 148 valence electrons. The smallest absolute Gasteiger partial charge is 0.329 e. The van der Waals surface area contributed by atoms with Gasteiger partial charge < -0.3 is 20.7 Å². The van der Waals surface area contributed by atoms with E-state index >= 15 is 0 Å². The molecule has 0 aromatic heterocycles. The number of benzene rings is 2. The van der Waals surface area contributed by atoms with E-state index in [1.165, 1.54) is 18.0 Å². The Morgan fingerprint density at radius 2 is 1.75 bits per heavy atom. The first-order chi connectivity index (χ1) is 13.4. The topological polar surface area (TPSA) is 102 Å². The summed E-state index contributed by atoms with van der Waals surface area (Å²) in [6.45, 7) is -0.494. The Morgan fingerprint density at radius 1 is 1.11 bits per heavy atom. The molecule has 0 aliphatic heterocycles. The number of rotatable bonds is 8. The Bertz CT molecular complexity index is 829. The van der Waals surface area contributed by atoms with E-state index in [-0.39, 0.29) is 13.0 Å². The van der Waals surface area contributed by atoms with Crippen LogP contribution in [0.1, 0.15) is 11.1 Å². The minimum absolute atomic E-state index is 0.0377. The molecule has 2 aromatic carbocycles. The summed E-state index contributed by atoms with van der Waals surface area (Å²) in [5, 5.41) is 2.32. The molecule has 0 spiro atoms. The number of esters is 1. The summed E-state index contributed by atoms with van der Waals surface area (Å²) >= 11 is 0. The lowest BCUT2D eigenvalue weighted by Crippen LogP contribution is -2.46. The van der Waals surface area contributed by atoms with Gasteiger partial charge in [-0.1, -0.05) is 48.5 Å². The molecule has 7 nitrogen and oxygen atoms in total. The quantitative estimate of drug-likeness (QED) is 0.672. The van der Waals surface area contributed by atoms with Crippen molar-refractivity contribution in [3.8, 4) is 0 Å². The summed E-state index contributed by atoms with van der Waals surface area (Å²) in [6.07, 6.45) is 0.169. The minimum atomic E-state index is -1.02. The maximum Gasteiger partial charge on any atom is 0.329 e. The number of likely N-dealkylation sites (N-methyl/N-ethyl adjacent to an activating group) is 1. The first kappa shape index (κ1) is 20.9. The van der Waals surface area contributed by atoms with Crippen molar-refractivity contribution < 1.29 is 23.5 Å². The number of urea groups is 1. The predicted octanol–water partition coefficient (Wildman–Crippen LogP) is 1.61. The van der Waals surface area contributed by atoms with Crippen LogP contribution in [0.5, 0.6) is 0 Å². The summed E-state index contributed by atoms with van der Waals surface area (Å²) in [5.74, 6) is -1.71. The van der Waals surface area contributed by atoms with Crippen LogP contribution in [0.25, 0.3) is 0 Å². The van der Waals surface area contributed by atoms with Crippen LogP contribution >= 0.6 is 0 Å². The molecule has 0 saturated carbocycles. The molecular formula is C20H22FN3O4. The third-order valence-corrected chi connectivity index (χ3v) is 4.01. The highest BCUT2D eigenvalue weighted by Crippen LogP contribution is 2.09. The number of amides is 3. The molecule has 3 amide bonds. The Hall–Kier alpha value is -3.42. The number of halogens is 1. The standard InChI is InChI=1S/C20H22FN3O4/c1-24(12-15-9-5-6-10-16(15)21)18(25)13-28-19(26)17(23-20(22)27)11-14-7-3-2-4-8-14/h2-10,17H,11-13H2,1H3,(H3,22,23,27)/t17-/m0/s1. The van der Waals surface area contributed by atoms with Gasteiger partial charge in [0, 0.05) is 25.6 Å². The molecule has 0 aliphatic carbocycles. The van der Waals surface area contributed by atoms with Crippen LogP contribution in [0.15, 0.2) is 54.6 Å². The van der Waals surface area contributed by atoms with Crippen molar-refractivity contribution in [3.05, 3.63) is 71.5 Å². The zero-order chi connectivity index (χ0) is 20.5. The van der Waals surface area contributed by atoms with E-state index in [2.05, 4.69) is 5.32 Å². The molecule has 8 heteroatoms. The van der Waals surface area contributed by atoms with Gasteiger partial charge >= 0.3 is 12.0 Å². The average Bonchev–Trinajstić information content (AvgIpc) is 2.67. The molecule has 0 unspecified atom stereocenters. The number of nitrogens with one attached hydrogen (secondary N) is 1. The lowest BCUT2D eigenvalue weighted by molar-refractivity contribution is -0.153. The zero-order valence-corrected chi connectivity index (χ0v) is 15.4. The van der Waals surface area contributed by atoms with Crippen LogP contribution in [0, 0.1) is 5.82 Å². The molecule has 0 radical (unpaired) electrons. The molecule has 3 N–H and O–H groups in total. The van der Waals surface area contributed by atoms with Gasteiger partial charge in [-0.15, -0.1) is 0 Å². The van der Waals surface area contributed by atoms with Gasteiger partial charge in [0.15, 0.2) is 6.61 Å². The van der Waals surface area contributed by atoms with Crippen molar-refractivity contribution in [2.75, 3.05) is 13.7 Å². The number of ether oxygens (including phenoxy) is 1. The van der Waals surface area contributed by atoms with E-state index in [0.29, 0.717) is 5.56 Å². The number of hydrogen-bond acceptors (Lipinski definition) is 4. The molecular weight excluding hydrogens is 365 g/mol. The average molecular weight is 387 g/mol. The molecule has 2 rings (SSSR count). The number of hydrogen-bond donors (Lipinski definition) is 2. The maximum absolute atomic E-state index is 13.7. The van der Waals surface area contributed by atoms with Gasteiger partial charge in [-0.3, -0.25) is 4.79 Å². The molecule has 0 aliphatic rings. The van der Waals surface area contributed by atoms with Crippen LogP contribution in [-0.4, -0.2) is 42.5 Å². The second-order valence-electron chi connectivity index (χ2n) is 6.20. The minimum Gasteiger partial charge on any atom is -0.454 e. The van der Waals surface area contributed by atoms with Crippen molar-refractivity contribution in [1.82, 2.24) is 10.2 Å². The predicted molar refractivity (Wildman–Crippen MR) is 100 cm³/mol. The fourth-order valence-corrected chi connectivity index (χ4v) is 2.53. The first-order valence-corrected chi connectivity index (χ1v) is 8.60. The zero-order valence-electron chi connectivity index (χ0n) is 15.4. The van der Waals surface area contributed by atoms with E-state index in [1.807, 2.05) is 6.07 Å².